The molecule has 0 heterocycles. The summed E-state index contributed by atoms with van der Waals surface area (Å²) in [5, 5.41) is 5.46. The van der Waals surface area contributed by atoms with Gasteiger partial charge in [-0.3, -0.25) is 9.59 Å². The van der Waals surface area contributed by atoms with Crippen LogP contribution in [0.15, 0.2) is 18.2 Å². The summed E-state index contributed by atoms with van der Waals surface area (Å²) in [4.78, 5) is 23.6. The van der Waals surface area contributed by atoms with Crippen LogP contribution in [0.5, 0.6) is 0 Å². The fourth-order valence-corrected chi connectivity index (χ4v) is 2.37. The van der Waals surface area contributed by atoms with E-state index in [9.17, 15) is 9.59 Å². The molecule has 0 unspecified atom stereocenters. The molecule has 1 saturated carbocycles. The van der Waals surface area contributed by atoms with Crippen LogP contribution in [0.4, 0.5) is 5.69 Å². The highest BCUT2D eigenvalue weighted by molar-refractivity contribution is 6.39. The summed E-state index contributed by atoms with van der Waals surface area (Å²) in [7, 11) is 0. The first-order valence-electron chi connectivity index (χ1n) is 6.75. The maximum absolute atomic E-state index is 11.8. The van der Waals surface area contributed by atoms with Crippen molar-refractivity contribution >= 4 is 17.5 Å². The number of benzene rings is 1. The molecule has 2 amide bonds. The number of hydrogen-bond acceptors (Lipinski definition) is 2. The third-order valence-corrected chi connectivity index (χ3v) is 3.54. The minimum Gasteiger partial charge on any atom is -0.345 e. The van der Waals surface area contributed by atoms with Gasteiger partial charge in [0.1, 0.15) is 0 Å². The molecule has 1 aliphatic carbocycles. The molecule has 1 aromatic rings. The summed E-state index contributed by atoms with van der Waals surface area (Å²) in [6, 6.07) is 5.94. The highest BCUT2D eigenvalue weighted by Gasteiger charge is 2.21. The van der Waals surface area contributed by atoms with Crippen molar-refractivity contribution in [3.05, 3.63) is 29.3 Å². The van der Waals surface area contributed by atoms with Gasteiger partial charge in [0.15, 0.2) is 0 Å². The lowest BCUT2D eigenvalue weighted by atomic mass is 10.1. The van der Waals surface area contributed by atoms with Gasteiger partial charge in [0.25, 0.3) is 0 Å². The van der Waals surface area contributed by atoms with E-state index in [4.69, 9.17) is 0 Å². The van der Waals surface area contributed by atoms with E-state index >= 15 is 0 Å². The Balaban J connectivity index is 1.96. The predicted molar refractivity (Wildman–Crippen MR) is 74.9 cm³/mol. The molecule has 0 bridgehead atoms. The molecule has 102 valence electrons. The van der Waals surface area contributed by atoms with Crippen molar-refractivity contribution in [3.8, 4) is 0 Å². The maximum atomic E-state index is 11.8. The smallest absolute Gasteiger partial charge is 0.313 e. The molecule has 2 rings (SSSR count). The Bertz CT molecular complexity index is 491. The number of amides is 2. The fraction of sp³-hybridized carbons (Fsp3) is 0.467. The molecular formula is C15H20N2O2. The summed E-state index contributed by atoms with van der Waals surface area (Å²) < 4.78 is 0. The number of anilines is 1. The minimum atomic E-state index is -0.583. The van der Waals surface area contributed by atoms with Crippen molar-refractivity contribution in [2.45, 2.75) is 45.6 Å². The van der Waals surface area contributed by atoms with Crippen LogP contribution in [0.3, 0.4) is 0 Å². The molecule has 19 heavy (non-hydrogen) atoms. The van der Waals surface area contributed by atoms with Crippen LogP contribution in [0.1, 0.15) is 36.8 Å². The molecule has 1 aromatic carbocycles. The van der Waals surface area contributed by atoms with E-state index in [-0.39, 0.29) is 6.04 Å². The number of aryl methyl sites for hydroxylation is 2. The average Bonchev–Trinajstić information content (AvgIpc) is 2.86. The van der Waals surface area contributed by atoms with Crippen molar-refractivity contribution in [2.75, 3.05) is 5.32 Å². The van der Waals surface area contributed by atoms with Gasteiger partial charge in [-0.2, -0.15) is 0 Å². The SMILES string of the molecule is Cc1ccc(C)c(NC(=O)C(=O)NC2CCCC2)c1. The van der Waals surface area contributed by atoms with Crippen molar-refractivity contribution in [2.24, 2.45) is 0 Å². The van der Waals surface area contributed by atoms with Gasteiger partial charge in [-0.25, -0.2) is 0 Å². The van der Waals surface area contributed by atoms with Crippen LogP contribution in [0.25, 0.3) is 0 Å². The fourth-order valence-electron chi connectivity index (χ4n) is 2.37. The zero-order chi connectivity index (χ0) is 13.8. The maximum Gasteiger partial charge on any atom is 0.313 e. The van der Waals surface area contributed by atoms with Gasteiger partial charge >= 0.3 is 11.8 Å². The predicted octanol–water partition coefficient (Wildman–Crippen LogP) is 2.30. The second kappa shape index (κ2) is 5.87. The van der Waals surface area contributed by atoms with Gasteiger partial charge in [-0.1, -0.05) is 25.0 Å². The first kappa shape index (κ1) is 13.6. The quantitative estimate of drug-likeness (QED) is 0.802. The van der Waals surface area contributed by atoms with E-state index in [0.29, 0.717) is 5.69 Å². The van der Waals surface area contributed by atoms with Gasteiger partial charge < -0.3 is 10.6 Å². The molecule has 0 saturated heterocycles. The second-order valence-corrected chi connectivity index (χ2v) is 5.23. The topological polar surface area (TPSA) is 58.2 Å². The molecule has 2 N–H and O–H groups in total. The standard InChI is InChI=1S/C15H20N2O2/c1-10-7-8-11(2)13(9-10)17-15(19)14(18)16-12-5-3-4-6-12/h7-9,12H,3-6H2,1-2H3,(H,16,18)(H,17,19). The Morgan fingerprint density at radius 1 is 1.11 bits per heavy atom. The molecule has 1 aliphatic rings. The third kappa shape index (κ3) is 3.56. The van der Waals surface area contributed by atoms with E-state index in [2.05, 4.69) is 10.6 Å². The zero-order valence-corrected chi connectivity index (χ0v) is 11.5. The Morgan fingerprint density at radius 2 is 1.79 bits per heavy atom. The minimum absolute atomic E-state index is 0.164. The van der Waals surface area contributed by atoms with Crippen LogP contribution in [-0.2, 0) is 9.59 Å². The number of rotatable bonds is 2. The Labute approximate surface area is 113 Å². The zero-order valence-electron chi connectivity index (χ0n) is 11.5. The van der Waals surface area contributed by atoms with Gasteiger partial charge in [-0.15, -0.1) is 0 Å². The molecule has 0 radical (unpaired) electrons. The molecule has 1 fully saturated rings. The van der Waals surface area contributed by atoms with Crippen LogP contribution in [0, 0.1) is 13.8 Å². The highest BCUT2D eigenvalue weighted by atomic mass is 16.2. The molecule has 4 heteroatoms. The summed E-state index contributed by atoms with van der Waals surface area (Å²) in [6.07, 6.45) is 4.21. The van der Waals surface area contributed by atoms with Crippen molar-refractivity contribution in [1.82, 2.24) is 5.32 Å². The molecule has 0 aromatic heterocycles. The summed E-state index contributed by atoms with van der Waals surface area (Å²) in [5.74, 6) is -1.12. The van der Waals surface area contributed by atoms with E-state index in [0.717, 1.165) is 36.8 Å². The molecule has 4 nitrogen and oxygen atoms in total. The van der Waals surface area contributed by atoms with Crippen LogP contribution < -0.4 is 10.6 Å². The number of nitrogens with one attached hydrogen (secondary N) is 2. The molecule has 0 spiro atoms. The lowest BCUT2D eigenvalue weighted by Crippen LogP contribution is -2.40. The van der Waals surface area contributed by atoms with E-state index in [1.165, 1.54) is 0 Å². The lowest BCUT2D eigenvalue weighted by Gasteiger charge is -2.13. The molecular weight excluding hydrogens is 240 g/mol. The van der Waals surface area contributed by atoms with Gasteiger partial charge in [-0.05, 0) is 43.9 Å². The largest absolute Gasteiger partial charge is 0.345 e. The van der Waals surface area contributed by atoms with Gasteiger partial charge in [0, 0.05) is 11.7 Å². The van der Waals surface area contributed by atoms with Crippen molar-refractivity contribution < 1.29 is 9.59 Å². The molecule has 0 aliphatic heterocycles. The van der Waals surface area contributed by atoms with E-state index in [1.807, 2.05) is 32.0 Å². The van der Waals surface area contributed by atoms with Crippen LogP contribution >= 0.6 is 0 Å². The molecule has 0 atom stereocenters. The average molecular weight is 260 g/mol. The summed E-state index contributed by atoms with van der Waals surface area (Å²) >= 11 is 0. The third-order valence-electron chi connectivity index (χ3n) is 3.54. The lowest BCUT2D eigenvalue weighted by molar-refractivity contribution is -0.136. The van der Waals surface area contributed by atoms with Gasteiger partial charge in [0.05, 0.1) is 0 Å². The van der Waals surface area contributed by atoms with Gasteiger partial charge in [0.2, 0.25) is 0 Å². The first-order chi connectivity index (χ1) is 9.06. The summed E-state index contributed by atoms with van der Waals surface area (Å²) in [5.41, 5.74) is 2.70. The number of carbonyl (C=O) groups is 2. The highest BCUT2D eigenvalue weighted by Crippen LogP contribution is 2.18. The van der Waals surface area contributed by atoms with Crippen molar-refractivity contribution in [3.63, 3.8) is 0 Å². The van der Waals surface area contributed by atoms with E-state index in [1.54, 1.807) is 0 Å². The first-order valence-corrected chi connectivity index (χ1v) is 6.75. The Hall–Kier alpha value is -1.84. The van der Waals surface area contributed by atoms with Crippen LogP contribution in [-0.4, -0.2) is 17.9 Å². The monoisotopic (exact) mass is 260 g/mol. The number of carbonyl (C=O) groups excluding carboxylic acids is 2. The van der Waals surface area contributed by atoms with Crippen LogP contribution in [0.2, 0.25) is 0 Å². The summed E-state index contributed by atoms with van der Waals surface area (Å²) in [6.45, 7) is 3.86. The Morgan fingerprint density at radius 3 is 2.47 bits per heavy atom. The second-order valence-electron chi connectivity index (χ2n) is 5.23. The Kier molecular flexibility index (Phi) is 4.20. The normalized spacial score (nSPS) is 15.3. The van der Waals surface area contributed by atoms with E-state index < -0.39 is 11.8 Å². The number of hydrogen-bond donors (Lipinski definition) is 2. The van der Waals surface area contributed by atoms with Crippen molar-refractivity contribution in [1.29, 1.82) is 0 Å².